The molecule has 0 atom stereocenters. The summed E-state index contributed by atoms with van der Waals surface area (Å²) < 4.78 is 41.7. The van der Waals surface area contributed by atoms with Crippen molar-refractivity contribution in [2.75, 3.05) is 13.2 Å². The third-order valence-corrected chi connectivity index (χ3v) is 4.33. The van der Waals surface area contributed by atoms with Crippen LogP contribution in [0.5, 0.6) is 5.75 Å². The molecule has 8 heteroatoms. The van der Waals surface area contributed by atoms with E-state index in [9.17, 15) is 8.78 Å². The molecular formula is C18H18F2N4O2. The van der Waals surface area contributed by atoms with Gasteiger partial charge < -0.3 is 9.47 Å². The minimum absolute atomic E-state index is 0.0854. The standard InChI is InChI=1S/C18H18F2N4O2/c1-24-10-11(9-21-24)16-8-17(23-22-16)18-14(19)6-13(7-15(18)20)26-12-2-4-25-5-3-12/h6-10,12H,2-5H2,1H3,(H,22,23). The van der Waals surface area contributed by atoms with Crippen LogP contribution in [0.1, 0.15) is 12.8 Å². The molecule has 1 aromatic carbocycles. The van der Waals surface area contributed by atoms with E-state index in [0.717, 1.165) is 5.56 Å². The summed E-state index contributed by atoms with van der Waals surface area (Å²) in [4.78, 5) is 0. The third kappa shape index (κ3) is 3.32. The number of hydrogen-bond donors (Lipinski definition) is 1. The van der Waals surface area contributed by atoms with Crippen LogP contribution >= 0.6 is 0 Å². The van der Waals surface area contributed by atoms with Crippen molar-refractivity contribution in [3.05, 3.63) is 42.2 Å². The number of H-pyrrole nitrogens is 1. The van der Waals surface area contributed by atoms with Crippen molar-refractivity contribution in [2.45, 2.75) is 18.9 Å². The van der Waals surface area contributed by atoms with Crippen LogP contribution in [0, 0.1) is 11.6 Å². The smallest absolute Gasteiger partial charge is 0.139 e. The van der Waals surface area contributed by atoms with Crippen LogP contribution in [0.4, 0.5) is 8.78 Å². The molecule has 1 aliphatic rings. The van der Waals surface area contributed by atoms with E-state index in [1.807, 2.05) is 0 Å². The Bertz CT molecular complexity index is 893. The number of hydrogen-bond acceptors (Lipinski definition) is 4. The second-order valence-corrected chi connectivity index (χ2v) is 6.26. The van der Waals surface area contributed by atoms with E-state index in [-0.39, 0.29) is 23.1 Å². The molecule has 1 N–H and O–H groups in total. The number of halogens is 2. The first-order valence-electron chi connectivity index (χ1n) is 8.38. The van der Waals surface area contributed by atoms with Gasteiger partial charge >= 0.3 is 0 Å². The highest BCUT2D eigenvalue weighted by Crippen LogP contribution is 2.31. The summed E-state index contributed by atoms with van der Waals surface area (Å²) in [5.41, 5.74) is 1.42. The van der Waals surface area contributed by atoms with Gasteiger partial charge in [-0.2, -0.15) is 10.2 Å². The van der Waals surface area contributed by atoms with Gasteiger partial charge in [0.2, 0.25) is 0 Å². The predicted molar refractivity (Wildman–Crippen MR) is 90.6 cm³/mol. The van der Waals surface area contributed by atoms with Crippen molar-refractivity contribution in [3.63, 3.8) is 0 Å². The van der Waals surface area contributed by atoms with E-state index in [1.54, 1.807) is 30.2 Å². The first-order chi connectivity index (χ1) is 12.6. The molecule has 0 saturated carbocycles. The number of nitrogens with zero attached hydrogens (tertiary/aromatic N) is 3. The zero-order valence-electron chi connectivity index (χ0n) is 14.2. The zero-order valence-corrected chi connectivity index (χ0v) is 14.2. The molecule has 6 nitrogen and oxygen atoms in total. The molecule has 1 aliphatic heterocycles. The van der Waals surface area contributed by atoms with Crippen molar-refractivity contribution < 1.29 is 18.3 Å². The highest BCUT2D eigenvalue weighted by molar-refractivity contribution is 5.68. The first-order valence-corrected chi connectivity index (χ1v) is 8.38. The maximum atomic E-state index is 14.6. The summed E-state index contributed by atoms with van der Waals surface area (Å²) in [5, 5.41) is 10.9. The molecule has 0 bridgehead atoms. The lowest BCUT2D eigenvalue weighted by Crippen LogP contribution is -2.25. The van der Waals surface area contributed by atoms with Crippen molar-refractivity contribution in [1.82, 2.24) is 20.0 Å². The number of aryl methyl sites for hydroxylation is 1. The minimum Gasteiger partial charge on any atom is -0.490 e. The molecule has 3 aromatic rings. The molecule has 2 aromatic heterocycles. The molecule has 1 saturated heterocycles. The maximum Gasteiger partial charge on any atom is 0.139 e. The van der Waals surface area contributed by atoms with Crippen molar-refractivity contribution in [1.29, 1.82) is 0 Å². The summed E-state index contributed by atoms with van der Waals surface area (Å²) in [5.74, 6) is -1.22. The van der Waals surface area contributed by atoms with Gasteiger partial charge in [0.1, 0.15) is 23.5 Å². The number of nitrogens with one attached hydrogen (secondary N) is 1. The molecule has 4 rings (SSSR count). The van der Waals surface area contributed by atoms with Crippen LogP contribution in [0.2, 0.25) is 0 Å². The van der Waals surface area contributed by atoms with E-state index in [2.05, 4.69) is 15.3 Å². The Morgan fingerprint density at radius 3 is 2.58 bits per heavy atom. The fraction of sp³-hybridized carbons (Fsp3) is 0.333. The second-order valence-electron chi connectivity index (χ2n) is 6.26. The van der Waals surface area contributed by atoms with Gasteiger partial charge in [0.25, 0.3) is 0 Å². The molecule has 0 radical (unpaired) electrons. The van der Waals surface area contributed by atoms with Gasteiger partial charge in [-0.3, -0.25) is 9.78 Å². The lowest BCUT2D eigenvalue weighted by Gasteiger charge is -2.23. The van der Waals surface area contributed by atoms with Crippen molar-refractivity contribution in [3.8, 4) is 28.3 Å². The van der Waals surface area contributed by atoms with E-state index < -0.39 is 11.6 Å². The van der Waals surface area contributed by atoms with E-state index in [4.69, 9.17) is 9.47 Å². The zero-order chi connectivity index (χ0) is 18.1. The Morgan fingerprint density at radius 2 is 1.92 bits per heavy atom. The number of aromatic nitrogens is 4. The lowest BCUT2D eigenvalue weighted by molar-refractivity contribution is 0.0253. The average molecular weight is 360 g/mol. The Hall–Kier alpha value is -2.74. The van der Waals surface area contributed by atoms with Gasteiger partial charge in [-0.15, -0.1) is 0 Å². The Morgan fingerprint density at radius 1 is 1.19 bits per heavy atom. The summed E-state index contributed by atoms with van der Waals surface area (Å²) in [6.07, 6.45) is 4.74. The van der Waals surface area contributed by atoms with Crippen LogP contribution in [0.3, 0.4) is 0 Å². The highest BCUT2D eigenvalue weighted by Gasteiger charge is 2.20. The molecule has 0 unspecified atom stereocenters. The fourth-order valence-corrected chi connectivity index (χ4v) is 3.01. The molecule has 1 fully saturated rings. The van der Waals surface area contributed by atoms with Gasteiger partial charge in [-0.1, -0.05) is 0 Å². The van der Waals surface area contributed by atoms with Gasteiger partial charge in [0.05, 0.1) is 36.4 Å². The number of rotatable bonds is 4. The van der Waals surface area contributed by atoms with Crippen molar-refractivity contribution >= 4 is 0 Å². The van der Waals surface area contributed by atoms with Gasteiger partial charge in [0.15, 0.2) is 0 Å². The molecular weight excluding hydrogens is 342 g/mol. The molecule has 0 aliphatic carbocycles. The van der Waals surface area contributed by atoms with Crippen molar-refractivity contribution in [2.24, 2.45) is 7.05 Å². The first kappa shape index (κ1) is 16.7. The topological polar surface area (TPSA) is 65.0 Å². The van der Waals surface area contributed by atoms with Gasteiger partial charge in [-0.05, 0) is 6.07 Å². The number of benzene rings is 1. The van der Waals surface area contributed by atoms with Gasteiger partial charge in [-0.25, -0.2) is 8.78 Å². The summed E-state index contributed by atoms with van der Waals surface area (Å²) in [6, 6.07) is 4.01. The quantitative estimate of drug-likeness (QED) is 0.775. The van der Waals surface area contributed by atoms with Crippen LogP contribution in [-0.2, 0) is 11.8 Å². The third-order valence-electron chi connectivity index (χ3n) is 4.33. The average Bonchev–Trinajstić information content (AvgIpc) is 3.24. The summed E-state index contributed by atoms with van der Waals surface area (Å²) in [6.45, 7) is 1.19. The largest absolute Gasteiger partial charge is 0.490 e. The van der Waals surface area contributed by atoms with Crippen LogP contribution in [-0.4, -0.2) is 39.3 Å². The summed E-state index contributed by atoms with van der Waals surface area (Å²) >= 11 is 0. The molecule has 0 spiro atoms. The Balaban J connectivity index is 1.59. The molecule has 26 heavy (non-hydrogen) atoms. The predicted octanol–water partition coefficient (Wildman–Crippen LogP) is 3.31. The fourth-order valence-electron chi connectivity index (χ4n) is 3.01. The van der Waals surface area contributed by atoms with Gasteiger partial charge in [0, 0.05) is 43.8 Å². The van der Waals surface area contributed by atoms with E-state index in [0.29, 0.717) is 31.7 Å². The van der Waals surface area contributed by atoms with Crippen LogP contribution in [0.25, 0.3) is 22.5 Å². The number of aromatic amines is 1. The minimum atomic E-state index is -0.701. The van der Waals surface area contributed by atoms with E-state index in [1.165, 1.54) is 12.1 Å². The monoisotopic (exact) mass is 360 g/mol. The summed E-state index contributed by atoms with van der Waals surface area (Å²) in [7, 11) is 1.79. The Kier molecular flexibility index (Phi) is 4.42. The maximum absolute atomic E-state index is 14.6. The highest BCUT2D eigenvalue weighted by atomic mass is 19.1. The molecule has 0 amide bonds. The number of ether oxygens (including phenoxy) is 2. The normalized spacial score (nSPS) is 15.3. The SMILES string of the molecule is Cn1cc(-c2cc(-c3c(F)cc(OC4CCOCC4)cc3F)[nH]n2)cn1. The van der Waals surface area contributed by atoms with E-state index >= 15 is 0 Å². The van der Waals surface area contributed by atoms with Crippen LogP contribution in [0.15, 0.2) is 30.6 Å². The molecule has 3 heterocycles. The molecule has 136 valence electrons. The second kappa shape index (κ2) is 6.87. The Labute approximate surface area is 148 Å². The van der Waals surface area contributed by atoms with Crippen LogP contribution < -0.4 is 4.74 Å². The lowest BCUT2D eigenvalue weighted by atomic mass is 10.1.